The van der Waals surface area contributed by atoms with Gasteiger partial charge in [0.1, 0.15) is 5.82 Å². The first-order valence-corrected chi connectivity index (χ1v) is 11.4. The minimum absolute atomic E-state index is 0.0305. The highest BCUT2D eigenvalue weighted by atomic mass is 127. The molecule has 2 amide bonds. The third-order valence-corrected chi connectivity index (χ3v) is 6.76. The number of likely N-dealkylation sites (N-methyl/N-ethyl adjacent to an activating group) is 1. The molecule has 4 rings (SSSR count). The number of anilines is 2. The van der Waals surface area contributed by atoms with Gasteiger partial charge in [0.2, 0.25) is 0 Å². The van der Waals surface area contributed by atoms with E-state index in [2.05, 4.69) is 67.4 Å². The molecule has 7 heteroatoms. The van der Waals surface area contributed by atoms with Crippen molar-refractivity contribution in [3.63, 3.8) is 0 Å². The summed E-state index contributed by atoms with van der Waals surface area (Å²) in [5.41, 5.74) is 2.13. The van der Waals surface area contributed by atoms with Crippen LogP contribution in [0.4, 0.5) is 16.3 Å². The molecule has 0 saturated carbocycles. The average molecular weight is 505 g/mol. The monoisotopic (exact) mass is 505 g/mol. The summed E-state index contributed by atoms with van der Waals surface area (Å²) in [7, 11) is 2.00. The SMILES string of the molecule is CN[C@@H]1CCN(c2ccc(NC(=O)N3CCC(c4ccc(I)cc4)CC3)cn2)C1. The second-order valence-electron chi connectivity index (χ2n) is 7.87. The Bertz CT molecular complexity index is 818. The quantitative estimate of drug-likeness (QED) is 0.620. The van der Waals surface area contributed by atoms with Crippen molar-refractivity contribution in [3.8, 4) is 0 Å². The Balaban J connectivity index is 1.28. The number of nitrogens with zero attached hydrogens (tertiary/aromatic N) is 3. The second-order valence-corrected chi connectivity index (χ2v) is 9.11. The van der Waals surface area contributed by atoms with Crippen LogP contribution in [0.15, 0.2) is 42.6 Å². The molecule has 154 valence electrons. The summed E-state index contributed by atoms with van der Waals surface area (Å²) in [6, 6.07) is 13.2. The molecule has 2 aromatic rings. The Morgan fingerprint density at radius 1 is 1.07 bits per heavy atom. The lowest BCUT2D eigenvalue weighted by atomic mass is 9.90. The van der Waals surface area contributed by atoms with E-state index in [1.54, 1.807) is 6.20 Å². The number of amides is 2. The number of nitrogens with one attached hydrogen (secondary N) is 2. The summed E-state index contributed by atoms with van der Waals surface area (Å²) in [5.74, 6) is 1.51. The smallest absolute Gasteiger partial charge is 0.321 e. The standard InChI is InChI=1S/C22H28IN5O/c1-24-20-10-13-28(15-20)21-7-6-19(14-25-21)26-22(29)27-11-8-17(9-12-27)16-2-4-18(23)5-3-16/h2-7,14,17,20,24H,8-13,15H2,1H3,(H,26,29)/t20-/m1/s1. The van der Waals surface area contributed by atoms with Crippen LogP contribution in [-0.4, -0.2) is 55.2 Å². The van der Waals surface area contributed by atoms with Crippen molar-refractivity contribution in [2.45, 2.75) is 31.2 Å². The van der Waals surface area contributed by atoms with Gasteiger partial charge in [-0.25, -0.2) is 9.78 Å². The molecular formula is C22H28IN5O. The van der Waals surface area contributed by atoms with Crippen molar-refractivity contribution in [2.24, 2.45) is 0 Å². The van der Waals surface area contributed by atoms with Crippen molar-refractivity contribution < 1.29 is 4.79 Å². The number of rotatable bonds is 4. The number of urea groups is 1. The predicted molar refractivity (Wildman–Crippen MR) is 126 cm³/mol. The number of aromatic nitrogens is 1. The van der Waals surface area contributed by atoms with Crippen LogP contribution in [0.25, 0.3) is 0 Å². The molecule has 1 aromatic carbocycles. The van der Waals surface area contributed by atoms with E-state index < -0.39 is 0 Å². The molecule has 0 unspecified atom stereocenters. The van der Waals surface area contributed by atoms with Crippen molar-refractivity contribution in [2.75, 3.05) is 43.4 Å². The largest absolute Gasteiger partial charge is 0.355 e. The Hall–Kier alpha value is -1.87. The highest BCUT2D eigenvalue weighted by molar-refractivity contribution is 14.1. The topological polar surface area (TPSA) is 60.5 Å². The number of halogens is 1. The van der Waals surface area contributed by atoms with E-state index in [0.29, 0.717) is 12.0 Å². The van der Waals surface area contributed by atoms with Crippen molar-refractivity contribution in [3.05, 3.63) is 51.7 Å². The lowest BCUT2D eigenvalue weighted by Crippen LogP contribution is -2.40. The van der Waals surface area contributed by atoms with Gasteiger partial charge in [-0.3, -0.25) is 0 Å². The summed E-state index contributed by atoms with van der Waals surface area (Å²) in [4.78, 5) is 21.4. The first kappa shape index (κ1) is 20.4. The first-order chi connectivity index (χ1) is 14.1. The van der Waals surface area contributed by atoms with E-state index in [9.17, 15) is 4.79 Å². The minimum Gasteiger partial charge on any atom is -0.355 e. The van der Waals surface area contributed by atoms with Gasteiger partial charge in [0.25, 0.3) is 0 Å². The summed E-state index contributed by atoms with van der Waals surface area (Å²) in [6.45, 7) is 3.56. The van der Waals surface area contributed by atoms with Gasteiger partial charge in [0.05, 0.1) is 11.9 Å². The first-order valence-electron chi connectivity index (χ1n) is 10.3. The number of benzene rings is 1. The lowest BCUT2D eigenvalue weighted by molar-refractivity contribution is 0.194. The molecule has 0 aliphatic carbocycles. The summed E-state index contributed by atoms with van der Waals surface area (Å²) in [6.07, 6.45) is 4.91. The van der Waals surface area contributed by atoms with E-state index in [-0.39, 0.29) is 6.03 Å². The molecule has 1 aromatic heterocycles. The molecule has 1 atom stereocenters. The zero-order valence-electron chi connectivity index (χ0n) is 16.8. The molecule has 0 spiro atoms. The Morgan fingerprint density at radius 2 is 1.83 bits per heavy atom. The van der Waals surface area contributed by atoms with E-state index in [1.165, 1.54) is 9.13 Å². The second kappa shape index (κ2) is 9.30. The minimum atomic E-state index is -0.0305. The fourth-order valence-corrected chi connectivity index (χ4v) is 4.56. The number of carbonyl (C=O) groups is 1. The Morgan fingerprint density at radius 3 is 2.45 bits per heavy atom. The van der Waals surface area contributed by atoms with Crippen LogP contribution in [0.1, 0.15) is 30.7 Å². The van der Waals surface area contributed by atoms with E-state index in [0.717, 1.165) is 56.9 Å². The molecule has 2 saturated heterocycles. The van der Waals surface area contributed by atoms with Crippen LogP contribution >= 0.6 is 22.6 Å². The predicted octanol–water partition coefficient (Wildman–Crippen LogP) is 3.90. The molecule has 0 bridgehead atoms. The van der Waals surface area contributed by atoms with Crippen molar-refractivity contribution in [1.29, 1.82) is 0 Å². The molecule has 2 fully saturated rings. The normalized spacial score (nSPS) is 20.1. The molecule has 2 aliphatic heterocycles. The van der Waals surface area contributed by atoms with Gasteiger partial charge < -0.3 is 20.4 Å². The summed E-state index contributed by atoms with van der Waals surface area (Å²) in [5, 5.41) is 6.33. The van der Waals surface area contributed by atoms with Crippen LogP contribution in [0.2, 0.25) is 0 Å². The zero-order chi connectivity index (χ0) is 20.2. The van der Waals surface area contributed by atoms with Crippen molar-refractivity contribution >= 4 is 40.1 Å². The van der Waals surface area contributed by atoms with Crippen LogP contribution in [0.5, 0.6) is 0 Å². The van der Waals surface area contributed by atoms with Gasteiger partial charge >= 0.3 is 6.03 Å². The van der Waals surface area contributed by atoms with Crippen LogP contribution < -0.4 is 15.5 Å². The third-order valence-electron chi connectivity index (χ3n) is 6.04. The maximum Gasteiger partial charge on any atom is 0.321 e. The van der Waals surface area contributed by atoms with Gasteiger partial charge in [-0.1, -0.05) is 12.1 Å². The van der Waals surface area contributed by atoms with Crippen LogP contribution in [0.3, 0.4) is 0 Å². The number of hydrogen-bond donors (Lipinski definition) is 2. The number of carbonyl (C=O) groups excluding carboxylic acids is 1. The molecule has 2 N–H and O–H groups in total. The molecule has 0 radical (unpaired) electrons. The van der Waals surface area contributed by atoms with Gasteiger partial charge in [0, 0.05) is 35.8 Å². The number of pyridine rings is 1. The zero-order valence-corrected chi connectivity index (χ0v) is 18.9. The Kier molecular flexibility index (Phi) is 6.54. The maximum atomic E-state index is 12.6. The fourth-order valence-electron chi connectivity index (χ4n) is 4.20. The molecule has 2 aliphatic rings. The summed E-state index contributed by atoms with van der Waals surface area (Å²) < 4.78 is 1.26. The molecule has 6 nitrogen and oxygen atoms in total. The average Bonchev–Trinajstić information content (AvgIpc) is 3.24. The third kappa shape index (κ3) is 5.01. The highest BCUT2D eigenvalue weighted by Gasteiger charge is 2.24. The Labute approximate surface area is 186 Å². The number of hydrogen-bond acceptors (Lipinski definition) is 4. The van der Waals surface area contributed by atoms with Gasteiger partial charge in [-0.15, -0.1) is 0 Å². The van der Waals surface area contributed by atoms with Crippen molar-refractivity contribution in [1.82, 2.24) is 15.2 Å². The maximum absolute atomic E-state index is 12.6. The summed E-state index contributed by atoms with van der Waals surface area (Å²) >= 11 is 2.33. The van der Waals surface area contributed by atoms with Gasteiger partial charge in [-0.05, 0) is 84.6 Å². The highest BCUT2D eigenvalue weighted by Crippen LogP contribution is 2.29. The lowest BCUT2D eigenvalue weighted by Gasteiger charge is -2.32. The van der Waals surface area contributed by atoms with E-state index in [4.69, 9.17) is 0 Å². The van der Waals surface area contributed by atoms with Crippen LogP contribution in [0, 0.1) is 3.57 Å². The van der Waals surface area contributed by atoms with Gasteiger partial charge in [0.15, 0.2) is 0 Å². The number of piperidine rings is 1. The fraction of sp³-hybridized carbons (Fsp3) is 0.455. The van der Waals surface area contributed by atoms with E-state index in [1.807, 2.05) is 24.1 Å². The molecular weight excluding hydrogens is 477 g/mol. The van der Waals surface area contributed by atoms with E-state index >= 15 is 0 Å². The van der Waals surface area contributed by atoms with Crippen LogP contribution in [-0.2, 0) is 0 Å². The molecule has 29 heavy (non-hydrogen) atoms. The number of likely N-dealkylation sites (tertiary alicyclic amines) is 1. The molecule has 3 heterocycles. The van der Waals surface area contributed by atoms with Gasteiger partial charge in [-0.2, -0.15) is 0 Å².